The quantitative estimate of drug-likeness (QED) is 0.363. The fourth-order valence-corrected chi connectivity index (χ4v) is 2.45. The van der Waals surface area contributed by atoms with Crippen molar-refractivity contribution >= 4 is 5.91 Å². The number of amides is 1. The zero-order chi connectivity index (χ0) is 12.9. The zero-order valence-corrected chi connectivity index (χ0v) is 11.3. The van der Waals surface area contributed by atoms with Gasteiger partial charge >= 0.3 is 0 Å². The summed E-state index contributed by atoms with van der Waals surface area (Å²) in [5.74, 6) is 5.13. The van der Waals surface area contributed by atoms with Crippen LogP contribution in [0, 0.1) is 5.41 Å². The van der Waals surface area contributed by atoms with Crippen molar-refractivity contribution in [2.75, 3.05) is 26.2 Å². The monoisotopic (exact) mass is 242 g/mol. The van der Waals surface area contributed by atoms with E-state index in [0.717, 1.165) is 39.0 Å². The minimum absolute atomic E-state index is 0.0927. The maximum Gasteiger partial charge on any atom is 0.240 e. The molecule has 5 heteroatoms. The summed E-state index contributed by atoms with van der Waals surface area (Å²) in [5, 5.41) is 3.36. The van der Waals surface area contributed by atoms with Crippen LogP contribution in [-0.4, -0.2) is 43.0 Å². The van der Waals surface area contributed by atoms with Crippen molar-refractivity contribution in [1.29, 1.82) is 0 Å². The molecule has 0 radical (unpaired) electrons. The Hall–Kier alpha value is -0.650. The van der Waals surface area contributed by atoms with Crippen LogP contribution in [0.2, 0.25) is 0 Å². The van der Waals surface area contributed by atoms with Crippen LogP contribution in [0.3, 0.4) is 0 Å². The van der Waals surface area contributed by atoms with E-state index in [-0.39, 0.29) is 5.91 Å². The molecule has 100 valence electrons. The molecule has 0 aromatic carbocycles. The summed E-state index contributed by atoms with van der Waals surface area (Å²) in [6.45, 7) is 9.93. The first-order valence-corrected chi connectivity index (χ1v) is 6.47. The van der Waals surface area contributed by atoms with E-state index >= 15 is 0 Å². The molecule has 0 atom stereocenters. The first kappa shape index (κ1) is 14.4. The average molecular weight is 242 g/mol. The first-order valence-electron chi connectivity index (χ1n) is 6.47. The van der Waals surface area contributed by atoms with Gasteiger partial charge in [0.1, 0.15) is 0 Å². The number of hydrazine groups is 1. The lowest BCUT2D eigenvalue weighted by Gasteiger charge is -2.38. The average Bonchev–Trinajstić information content (AvgIpc) is 2.36. The molecular weight excluding hydrogens is 216 g/mol. The zero-order valence-electron chi connectivity index (χ0n) is 11.3. The predicted molar refractivity (Wildman–Crippen MR) is 69.2 cm³/mol. The number of carbonyl (C=O) groups is 1. The minimum atomic E-state index is -0.435. The summed E-state index contributed by atoms with van der Waals surface area (Å²) in [5.41, 5.74) is 1.82. The second-order valence-corrected chi connectivity index (χ2v) is 5.40. The molecule has 1 amide bonds. The lowest BCUT2D eigenvalue weighted by Crippen LogP contribution is -2.51. The van der Waals surface area contributed by atoms with E-state index in [2.05, 4.69) is 22.6 Å². The Morgan fingerprint density at radius 2 is 2.06 bits per heavy atom. The van der Waals surface area contributed by atoms with Gasteiger partial charge in [-0.05, 0) is 46.3 Å². The van der Waals surface area contributed by atoms with Crippen LogP contribution in [0.25, 0.3) is 0 Å². The van der Waals surface area contributed by atoms with E-state index in [1.54, 1.807) is 0 Å². The Bertz CT molecular complexity index is 249. The Balaban J connectivity index is 2.58. The molecule has 1 heterocycles. The van der Waals surface area contributed by atoms with Crippen molar-refractivity contribution in [3.63, 3.8) is 0 Å². The van der Waals surface area contributed by atoms with Gasteiger partial charge in [0.25, 0.3) is 0 Å². The predicted octanol–water partition coefficient (Wildman–Crippen LogP) is 0.0764. The van der Waals surface area contributed by atoms with Gasteiger partial charge in [-0.2, -0.15) is 0 Å². The number of nitrogens with one attached hydrogen (secondary N) is 2. The molecule has 1 saturated heterocycles. The van der Waals surface area contributed by atoms with E-state index in [1.807, 2.05) is 13.8 Å². The number of nitrogens with two attached hydrogens (primary N) is 1. The topological polar surface area (TPSA) is 70.4 Å². The van der Waals surface area contributed by atoms with Gasteiger partial charge in [0.2, 0.25) is 5.91 Å². The van der Waals surface area contributed by atoms with Crippen molar-refractivity contribution in [3.05, 3.63) is 0 Å². The van der Waals surface area contributed by atoms with Gasteiger partial charge in [-0.1, -0.05) is 6.92 Å². The normalized spacial score (nSPS) is 18.4. The van der Waals surface area contributed by atoms with E-state index in [9.17, 15) is 4.79 Å². The highest BCUT2D eigenvalue weighted by molar-refractivity contribution is 5.81. The molecule has 1 aliphatic heterocycles. The van der Waals surface area contributed by atoms with Crippen molar-refractivity contribution in [1.82, 2.24) is 15.6 Å². The SMILES string of the molecule is CCN(CC(C)(C)C(=O)NN)C1CCNCC1. The van der Waals surface area contributed by atoms with Crippen molar-refractivity contribution in [3.8, 4) is 0 Å². The van der Waals surface area contributed by atoms with Gasteiger partial charge < -0.3 is 5.32 Å². The van der Waals surface area contributed by atoms with Crippen LogP contribution < -0.4 is 16.6 Å². The Kier molecular flexibility index (Phi) is 5.36. The highest BCUT2D eigenvalue weighted by Crippen LogP contribution is 2.21. The Morgan fingerprint density at radius 3 is 2.53 bits per heavy atom. The molecule has 1 fully saturated rings. The van der Waals surface area contributed by atoms with Crippen molar-refractivity contribution in [2.45, 2.75) is 39.7 Å². The summed E-state index contributed by atoms with van der Waals surface area (Å²) in [6.07, 6.45) is 2.32. The maximum absolute atomic E-state index is 11.7. The Labute approximate surface area is 104 Å². The van der Waals surface area contributed by atoms with Gasteiger partial charge in [-0.15, -0.1) is 0 Å². The van der Waals surface area contributed by atoms with Gasteiger partial charge in [0.15, 0.2) is 0 Å². The lowest BCUT2D eigenvalue weighted by atomic mass is 9.90. The smallest absolute Gasteiger partial charge is 0.240 e. The van der Waals surface area contributed by atoms with Gasteiger partial charge in [0, 0.05) is 12.6 Å². The van der Waals surface area contributed by atoms with E-state index in [0.29, 0.717) is 6.04 Å². The summed E-state index contributed by atoms with van der Waals surface area (Å²) >= 11 is 0. The van der Waals surface area contributed by atoms with E-state index in [1.165, 1.54) is 0 Å². The highest BCUT2D eigenvalue weighted by atomic mass is 16.2. The van der Waals surface area contributed by atoms with Crippen molar-refractivity contribution < 1.29 is 4.79 Å². The number of carbonyl (C=O) groups excluding carboxylic acids is 1. The third kappa shape index (κ3) is 3.94. The Morgan fingerprint density at radius 1 is 1.47 bits per heavy atom. The lowest BCUT2D eigenvalue weighted by molar-refractivity contribution is -0.130. The molecule has 0 bridgehead atoms. The van der Waals surface area contributed by atoms with Gasteiger partial charge in [0.05, 0.1) is 5.41 Å². The van der Waals surface area contributed by atoms with Crippen LogP contribution >= 0.6 is 0 Å². The van der Waals surface area contributed by atoms with E-state index in [4.69, 9.17) is 5.84 Å². The fraction of sp³-hybridized carbons (Fsp3) is 0.917. The third-order valence-electron chi connectivity index (χ3n) is 3.58. The van der Waals surface area contributed by atoms with Gasteiger partial charge in [-0.3, -0.25) is 15.1 Å². The van der Waals surface area contributed by atoms with E-state index < -0.39 is 5.41 Å². The molecule has 0 aliphatic carbocycles. The number of rotatable bonds is 5. The van der Waals surface area contributed by atoms with Gasteiger partial charge in [-0.25, -0.2) is 5.84 Å². The molecule has 0 saturated carbocycles. The van der Waals surface area contributed by atoms with Crippen molar-refractivity contribution in [2.24, 2.45) is 11.3 Å². The van der Waals surface area contributed by atoms with Crippen LogP contribution in [0.1, 0.15) is 33.6 Å². The summed E-state index contributed by atoms with van der Waals surface area (Å²) in [7, 11) is 0. The summed E-state index contributed by atoms with van der Waals surface area (Å²) in [4.78, 5) is 14.1. The van der Waals surface area contributed by atoms with Crippen LogP contribution in [0.15, 0.2) is 0 Å². The molecule has 0 aromatic heterocycles. The summed E-state index contributed by atoms with van der Waals surface area (Å²) in [6, 6.07) is 0.589. The third-order valence-corrected chi connectivity index (χ3v) is 3.58. The molecule has 1 aliphatic rings. The molecule has 17 heavy (non-hydrogen) atoms. The number of hydrogen-bond donors (Lipinski definition) is 3. The molecular formula is C12H26N4O. The number of hydrogen-bond acceptors (Lipinski definition) is 4. The molecule has 1 rings (SSSR count). The molecule has 4 N–H and O–H groups in total. The standard InChI is InChI=1S/C12H26N4O/c1-4-16(10-5-7-14-8-6-10)9-12(2,3)11(17)15-13/h10,14H,4-9,13H2,1-3H3,(H,15,17). The number of nitrogens with zero attached hydrogens (tertiary/aromatic N) is 1. The fourth-order valence-electron chi connectivity index (χ4n) is 2.45. The van der Waals surface area contributed by atoms with Crippen LogP contribution in [-0.2, 0) is 4.79 Å². The summed E-state index contributed by atoms with van der Waals surface area (Å²) < 4.78 is 0. The minimum Gasteiger partial charge on any atom is -0.317 e. The molecule has 0 aromatic rings. The second kappa shape index (κ2) is 6.33. The van der Waals surface area contributed by atoms with Crippen LogP contribution in [0.5, 0.6) is 0 Å². The number of piperidine rings is 1. The highest BCUT2D eigenvalue weighted by Gasteiger charge is 2.32. The maximum atomic E-state index is 11.7. The molecule has 0 spiro atoms. The largest absolute Gasteiger partial charge is 0.317 e. The first-order chi connectivity index (χ1) is 8.01. The second-order valence-electron chi connectivity index (χ2n) is 5.40. The van der Waals surface area contributed by atoms with Crippen LogP contribution in [0.4, 0.5) is 0 Å². The molecule has 5 nitrogen and oxygen atoms in total. The molecule has 0 unspecified atom stereocenters.